The molecule has 0 spiro atoms. The molecular formula is C14H15Cl2N3O. The lowest BCUT2D eigenvalue weighted by Crippen LogP contribution is -2.05. The van der Waals surface area contributed by atoms with Crippen LogP contribution in [-0.2, 0) is 0 Å². The van der Waals surface area contributed by atoms with Crippen LogP contribution >= 0.6 is 23.2 Å². The van der Waals surface area contributed by atoms with Gasteiger partial charge in [-0.2, -0.15) is 4.98 Å². The van der Waals surface area contributed by atoms with E-state index in [4.69, 9.17) is 27.9 Å². The number of hydrogen-bond donors (Lipinski definition) is 1. The molecule has 0 saturated heterocycles. The highest BCUT2D eigenvalue weighted by molar-refractivity contribution is 6.34. The second-order valence-corrected chi connectivity index (χ2v) is 5.13. The highest BCUT2D eigenvalue weighted by Gasteiger charge is 2.09. The van der Waals surface area contributed by atoms with Gasteiger partial charge >= 0.3 is 0 Å². The van der Waals surface area contributed by atoms with Crippen LogP contribution in [0.15, 0.2) is 24.4 Å². The monoisotopic (exact) mass is 311 g/mol. The lowest BCUT2D eigenvalue weighted by Gasteiger charge is -2.11. The number of aryl methyl sites for hydroxylation is 1. The van der Waals surface area contributed by atoms with E-state index in [1.54, 1.807) is 24.4 Å². The first-order valence-corrected chi connectivity index (χ1v) is 7.06. The molecular weight excluding hydrogens is 297 g/mol. The van der Waals surface area contributed by atoms with Gasteiger partial charge in [0.05, 0.1) is 5.02 Å². The molecule has 0 aliphatic carbocycles. The third kappa shape index (κ3) is 3.74. The van der Waals surface area contributed by atoms with Crippen molar-refractivity contribution in [2.75, 3.05) is 11.9 Å². The molecule has 0 aliphatic heterocycles. The number of hydrogen-bond acceptors (Lipinski definition) is 4. The number of benzene rings is 1. The molecule has 1 aromatic carbocycles. The Balaban J connectivity index is 2.25. The van der Waals surface area contributed by atoms with E-state index in [0.717, 1.165) is 18.5 Å². The van der Waals surface area contributed by atoms with Crippen LogP contribution in [0.2, 0.25) is 10.0 Å². The van der Waals surface area contributed by atoms with Gasteiger partial charge in [-0.05, 0) is 25.5 Å². The maximum Gasteiger partial charge on any atom is 0.227 e. The highest BCUT2D eigenvalue weighted by atomic mass is 35.5. The Morgan fingerprint density at radius 2 is 2.10 bits per heavy atom. The van der Waals surface area contributed by atoms with Crippen molar-refractivity contribution in [2.45, 2.75) is 20.3 Å². The van der Waals surface area contributed by atoms with Gasteiger partial charge in [0.1, 0.15) is 5.75 Å². The molecule has 0 fully saturated rings. The Morgan fingerprint density at radius 3 is 2.85 bits per heavy atom. The van der Waals surface area contributed by atoms with Crippen molar-refractivity contribution in [1.82, 2.24) is 9.97 Å². The standard InChI is InChI=1S/C14H15Cl2N3O/c1-3-6-17-14-18-8-9(2)13(19-14)20-12-7-10(15)4-5-11(12)16/h4-5,7-8H,3,6H2,1-2H3,(H,17,18,19). The number of aromatic nitrogens is 2. The summed E-state index contributed by atoms with van der Waals surface area (Å²) in [5.74, 6) is 1.47. The Bertz CT molecular complexity index is 605. The van der Waals surface area contributed by atoms with E-state index >= 15 is 0 Å². The van der Waals surface area contributed by atoms with Crippen molar-refractivity contribution in [3.8, 4) is 11.6 Å². The van der Waals surface area contributed by atoms with Gasteiger partial charge in [0.15, 0.2) is 0 Å². The van der Waals surface area contributed by atoms with Gasteiger partial charge in [-0.1, -0.05) is 30.1 Å². The number of nitrogens with one attached hydrogen (secondary N) is 1. The second kappa shape index (κ2) is 6.77. The van der Waals surface area contributed by atoms with Gasteiger partial charge in [0, 0.05) is 29.4 Å². The van der Waals surface area contributed by atoms with Crippen molar-refractivity contribution in [3.63, 3.8) is 0 Å². The maximum atomic E-state index is 6.08. The largest absolute Gasteiger partial charge is 0.437 e. The van der Waals surface area contributed by atoms with E-state index in [1.165, 1.54) is 0 Å². The number of anilines is 1. The minimum Gasteiger partial charge on any atom is -0.437 e. The van der Waals surface area contributed by atoms with Crippen LogP contribution in [0, 0.1) is 6.92 Å². The molecule has 20 heavy (non-hydrogen) atoms. The normalized spacial score (nSPS) is 10.4. The molecule has 2 aromatic rings. The second-order valence-electron chi connectivity index (χ2n) is 4.29. The van der Waals surface area contributed by atoms with Crippen molar-refractivity contribution in [3.05, 3.63) is 40.0 Å². The molecule has 6 heteroatoms. The zero-order chi connectivity index (χ0) is 14.5. The predicted octanol–water partition coefficient (Wildman–Crippen LogP) is 4.71. The first kappa shape index (κ1) is 14.9. The lowest BCUT2D eigenvalue weighted by molar-refractivity contribution is 0.458. The Hall–Kier alpha value is -1.52. The number of ether oxygens (including phenoxy) is 1. The summed E-state index contributed by atoms with van der Waals surface area (Å²) in [4.78, 5) is 8.53. The predicted molar refractivity (Wildman–Crippen MR) is 82.1 cm³/mol. The van der Waals surface area contributed by atoms with Crippen molar-refractivity contribution in [1.29, 1.82) is 0 Å². The summed E-state index contributed by atoms with van der Waals surface area (Å²) in [5.41, 5.74) is 0.822. The molecule has 0 radical (unpaired) electrons. The van der Waals surface area contributed by atoms with E-state index in [0.29, 0.717) is 27.6 Å². The van der Waals surface area contributed by atoms with Crippen LogP contribution in [0.25, 0.3) is 0 Å². The fourth-order valence-corrected chi connectivity index (χ4v) is 1.83. The first-order chi connectivity index (χ1) is 9.60. The van der Waals surface area contributed by atoms with Crippen LogP contribution in [0.4, 0.5) is 5.95 Å². The van der Waals surface area contributed by atoms with E-state index in [1.807, 2.05) is 6.92 Å². The zero-order valence-electron chi connectivity index (χ0n) is 11.3. The highest BCUT2D eigenvalue weighted by Crippen LogP contribution is 2.32. The van der Waals surface area contributed by atoms with Gasteiger partial charge in [-0.25, -0.2) is 4.98 Å². The van der Waals surface area contributed by atoms with Crippen LogP contribution in [0.5, 0.6) is 11.6 Å². The molecule has 4 nitrogen and oxygen atoms in total. The van der Waals surface area contributed by atoms with Crippen molar-refractivity contribution >= 4 is 29.2 Å². The third-order valence-corrected chi connectivity index (χ3v) is 3.11. The van der Waals surface area contributed by atoms with Crippen molar-refractivity contribution < 1.29 is 4.74 Å². The van der Waals surface area contributed by atoms with Crippen LogP contribution in [0.1, 0.15) is 18.9 Å². The molecule has 0 aliphatic rings. The number of nitrogens with zero attached hydrogens (tertiary/aromatic N) is 2. The average Bonchev–Trinajstić information content (AvgIpc) is 2.43. The van der Waals surface area contributed by atoms with E-state index < -0.39 is 0 Å². The van der Waals surface area contributed by atoms with Gasteiger partial charge in [-0.15, -0.1) is 0 Å². The fourth-order valence-electron chi connectivity index (χ4n) is 1.51. The topological polar surface area (TPSA) is 47.0 Å². The minimum atomic E-state index is 0.461. The molecule has 2 rings (SSSR count). The SMILES string of the molecule is CCCNc1ncc(C)c(Oc2cc(Cl)ccc2Cl)n1. The summed E-state index contributed by atoms with van der Waals surface area (Å²) in [7, 11) is 0. The Morgan fingerprint density at radius 1 is 1.30 bits per heavy atom. The van der Waals surface area contributed by atoms with E-state index in [9.17, 15) is 0 Å². The van der Waals surface area contributed by atoms with E-state index in [-0.39, 0.29) is 0 Å². The maximum absolute atomic E-state index is 6.08. The quantitative estimate of drug-likeness (QED) is 0.869. The molecule has 0 saturated carbocycles. The Kier molecular flexibility index (Phi) is 5.04. The summed E-state index contributed by atoms with van der Waals surface area (Å²) in [6.07, 6.45) is 2.70. The Labute approximate surface area is 128 Å². The van der Waals surface area contributed by atoms with Gasteiger partial charge in [0.2, 0.25) is 11.8 Å². The molecule has 0 unspecified atom stereocenters. The summed E-state index contributed by atoms with van der Waals surface area (Å²) >= 11 is 12.0. The number of halogens is 2. The summed E-state index contributed by atoms with van der Waals surface area (Å²) in [6.45, 7) is 4.75. The summed E-state index contributed by atoms with van der Waals surface area (Å²) < 4.78 is 5.73. The third-order valence-electron chi connectivity index (χ3n) is 2.56. The smallest absolute Gasteiger partial charge is 0.227 e. The zero-order valence-corrected chi connectivity index (χ0v) is 12.8. The molecule has 1 N–H and O–H groups in total. The summed E-state index contributed by atoms with van der Waals surface area (Å²) in [6, 6.07) is 5.05. The molecule has 0 bridgehead atoms. The molecule has 0 amide bonds. The average molecular weight is 312 g/mol. The van der Waals surface area contributed by atoms with Crippen LogP contribution < -0.4 is 10.1 Å². The molecule has 1 heterocycles. The van der Waals surface area contributed by atoms with Crippen LogP contribution in [0.3, 0.4) is 0 Å². The van der Waals surface area contributed by atoms with Gasteiger partial charge < -0.3 is 10.1 Å². The minimum absolute atomic E-state index is 0.461. The fraction of sp³-hybridized carbons (Fsp3) is 0.286. The number of rotatable bonds is 5. The van der Waals surface area contributed by atoms with Crippen molar-refractivity contribution in [2.24, 2.45) is 0 Å². The molecule has 1 aromatic heterocycles. The van der Waals surface area contributed by atoms with Gasteiger partial charge in [-0.3, -0.25) is 0 Å². The molecule has 0 atom stereocenters. The van der Waals surface area contributed by atoms with Gasteiger partial charge in [0.25, 0.3) is 0 Å². The lowest BCUT2D eigenvalue weighted by atomic mass is 10.3. The summed E-state index contributed by atoms with van der Waals surface area (Å²) in [5, 5.41) is 4.15. The first-order valence-electron chi connectivity index (χ1n) is 6.30. The van der Waals surface area contributed by atoms with Crippen LogP contribution in [-0.4, -0.2) is 16.5 Å². The molecule has 106 valence electrons. The van der Waals surface area contributed by atoms with E-state index in [2.05, 4.69) is 22.2 Å².